The Bertz CT molecular complexity index is 1110. The first kappa shape index (κ1) is 28.6. The van der Waals surface area contributed by atoms with Crippen LogP contribution >= 0.6 is 23.2 Å². The van der Waals surface area contributed by atoms with Crippen LogP contribution in [0.2, 0.25) is 10.0 Å². The Morgan fingerprint density at radius 3 is 2.47 bits per heavy atom. The fourth-order valence-corrected chi connectivity index (χ4v) is 5.61. The van der Waals surface area contributed by atoms with Crippen molar-refractivity contribution < 1.29 is 19.4 Å². The van der Waals surface area contributed by atoms with E-state index in [-0.39, 0.29) is 41.2 Å². The average Bonchev–Trinajstić information content (AvgIpc) is 3.14. The van der Waals surface area contributed by atoms with Gasteiger partial charge in [-0.2, -0.15) is 5.26 Å². The first-order valence-electron chi connectivity index (χ1n) is 12.1. The van der Waals surface area contributed by atoms with Crippen molar-refractivity contribution in [1.82, 2.24) is 5.32 Å². The summed E-state index contributed by atoms with van der Waals surface area (Å²) in [6, 6.07) is 12.8. The van der Waals surface area contributed by atoms with Crippen LogP contribution in [0.4, 0.5) is 4.39 Å². The molecule has 0 unspecified atom stereocenters. The summed E-state index contributed by atoms with van der Waals surface area (Å²) in [5.74, 6) is -1.69. The molecule has 5 atom stereocenters. The molecule has 36 heavy (non-hydrogen) atoms. The molecule has 0 bridgehead atoms. The van der Waals surface area contributed by atoms with Crippen molar-refractivity contribution >= 4 is 29.0 Å². The van der Waals surface area contributed by atoms with Crippen LogP contribution in [-0.2, 0) is 10.2 Å². The highest BCUT2D eigenvalue weighted by molar-refractivity contribution is 6.31. The number of benzene rings is 2. The molecule has 1 heterocycles. The average molecular weight is 535 g/mol. The molecule has 3 N–H and O–H groups in total. The van der Waals surface area contributed by atoms with Gasteiger partial charge in [-0.15, -0.1) is 0 Å². The van der Waals surface area contributed by atoms with Crippen molar-refractivity contribution in [2.24, 2.45) is 5.41 Å². The zero-order valence-corrected chi connectivity index (χ0v) is 22.3. The molecule has 0 saturated carbocycles. The number of aliphatic hydroxyl groups excluding tert-OH is 2. The van der Waals surface area contributed by atoms with Gasteiger partial charge in [0.2, 0.25) is 0 Å². The van der Waals surface area contributed by atoms with Gasteiger partial charge in [0.15, 0.2) is 0 Å². The van der Waals surface area contributed by atoms with E-state index in [2.05, 4.69) is 32.2 Å². The lowest BCUT2D eigenvalue weighted by molar-refractivity contribution is -0.121. The van der Waals surface area contributed by atoms with Crippen molar-refractivity contribution in [2.75, 3.05) is 6.61 Å². The van der Waals surface area contributed by atoms with E-state index in [4.69, 9.17) is 28.3 Å². The van der Waals surface area contributed by atoms with Crippen molar-refractivity contribution in [2.45, 2.75) is 76.0 Å². The fraction of sp³-hybridized carbons (Fsp3) is 0.500. The monoisotopic (exact) mass is 534 g/mol. The number of nitrogens with one attached hydrogen (secondary N) is 1. The Morgan fingerprint density at radius 1 is 1.22 bits per heavy atom. The number of nitriles is 1. The third-order valence-corrected chi connectivity index (χ3v) is 7.46. The summed E-state index contributed by atoms with van der Waals surface area (Å²) in [5.41, 5.74) is -0.635. The Kier molecular flexibility index (Phi) is 9.19. The Morgan fingerprint density at radius 2 is 1.89 bits per heavy atom. The van der Waals surface area contributed by atoms with Crippen LogP contribution in [0.15, 0.2) is 42.5 Å². The van der Waals surface area contributed by atoms with E-state index in [1.54, 1.807) is 36.4 Å². The van der Waals surface area contributed by atoms with Gasteiger partial charge in [-0.1, -0.05) is 68.2 Å². The first-order chi connectivity index (χ1) is 16.9. The second-order valence-electron chi connectivity index (χ2n) is 10.8. The maximum atomic E-state index is 15.6. The number of Topliss-reactive ketones (excluding diaryl/α,β-unsaturated/α-hetero) is 1. The lowest BCUT2D eigenvalue weighted by Crippen LogP contribution is -2.44. The summed E-state index contributed by atoms with van der Waals surface area (Å²) in [5, 5.41) is 33.5. The van der Waals surface area contributed by atoms with Gasteiger partial charge < -0.3 is 15.5 Å². The summed E-state index contributed by atoms with van der Waals surface area (Å²) >= 11 is 12.3. The molecule has 1 aliphatic rings. The molecule has 1 aliphatic heterocycles. The first-order valence-corrected chi connectivity index (χ1v) is 12.9. The molecule has 0 aliphatic carbocycles. The highest BCUT2D eigenvalue weighted by Crippen LogP contribution is 2.52. The molecule has 8 heteroatoms. The minimum atomic E-state index is -1.28. The van der Waals surface area contributed by atoms with Gasteiger partial charge in [0.25, 0.3) is 0 Å². The number of rotatable bonds is 9. The normalized spacial score (nSPS) is 24.9. The van der Waals surface area contributed by atoms with E-state index in [0.29, 0.717) is 23.4 Å². The largest absolute Gasteiger partial charge is 0.394 e. The minimum absolute atomic E-state index is 0.0769. The number of ketones is 1. The van der Waals surface area contributed by atoms with Gasteiger partial charge in [0.1, 0.15) is 17.0 Å². The van der Waals surface area contributed by atoms with Gasteiger partial charge in [-0.3, -0.25) is 4.79 Å². The smallest absolute Gasteiger partial charge is 0.150 e. The van der Waals surface area contributed by atoms with Gasteiger partial charge >= 0.3 is 0 Å². The van der Waals surface area contributed by atoms with E-state index < -0.39 is 35.3 Å². The third-order valence-electron chi connectivity index (χ3n) is 6.91. The van der Waals surface area contributed by atoms with Crippen LogP contribution in [0.25, 0.3) is 0 Å². The predicted octanol–water partition coefficient (Wildman–Crippen LogP) is 5.55. The SMILES string of the molecule is CC(C)(C)C[C@@H]1N[C@@H](C(=O)CCC[C@H](O)CO)[C@H](c2cccc(Cl)c2F)[C@@]1(C#N)c1ccc(Cl)cc1. The van der Waals surface area contributed by atoms with E-state index in [1.807, 2.05) is 0 Å². The summed E-state index contributed by atoms with van der Waals surface area (Å²) < 4.78 is 15.6. The van der Waals surface area contributed by atoms with Crippen molar-refractivity contribution in [1.29, 1.82) is 5.26 Å². The standard InChI is InChI=1S/C28H33Cl2FN2O3/c1-27(2,3)14-23-28(16-32,17-10-12-18(29)13-11-17)24(20-7-5-8-21(30)25(20)31)26(33-23)22(36)9-4-6-19(35)15-34/h5,7-8,10-13,19,23-24,26,33-35H,4,6,9,14-15H2,1-3H3/t19-,23-,24-,26-,28-/m0/s1. The molecule has 3 rings (SSSR count). The molecule has 194 valence electrons. The maximum absolute atomic E-state index is 15.6. The van der Waals surface area contributed by atoms with Gasteiger partial charge in [0.05, 0.1) is 29.8 Å². The molecular formula is C28H33Cl2FN2O3. The highest BCUT2D eigenvalue weighted by atomic mass is 35.5. The Labute approximate surface area is 222 Å². The summed E-state index contributed by atoms with van der Waals surface area (Å²) in [4.78, 5) is 13.6. The molecule has 0 aromatic heterocycles. The number of hydrogen-bond acceptors (Lipinski definition) is 5. The van der Waals surface area contributed by atoms with Crippen LogP contribution in [0.1, 0.15) is 63.5 Å². The molecule has 0 amide bonds. The summed E-state index contributed by atoms with van der Waals surface area (Å²) in [7, 11) is 0. The van der Waals surface area contributed by atoms with E-state index in [9.17, 15) is 15.2 Å². The van der Waals surface area contributed by atoms with Crippen LogP contribution in [0, 0.1) is 22.6 Å². The van der Waals surface area contributed by atoms with Crippen molar-refractivity contribution in [3.63, 3.8) is 0 Å². The van der Waals surface area contributed by atoms with Gasteiger partial charge in [-0.05, 0) is 54.0 Å². The maximum Gasteiger partial charge on any atom is 0.150 e. The quantitative estimate of drug-likeness (QED) is 0.392. The zero-order valence-electron chi connectivity index (χ0n) is 20.8. The topological polar surface area (TPSA) is 93.3 Å². The molecule has 0 radical (unpaired) electrons. The van der Waals surface area contributed by atoms with Crippen LogP contribution in [0.5, 0.6) is 0 Å². The Balaban J connectivity index is 2.19. The minimum Gasteiger partial charge on any atom is -0.394 e. The van der Waals surface area contributed by atoms with E-state index >= 15 is 4.39 Å². The molecule has 5 nitrogen and oxygen atoms in total. The Hall–Kier alpha value is -2.01. The number of halogens is 3. The van der Waals surface area contributed by atoms with Crippen LogP contribution in [0.3, 0.4) is 0 Å². The highest BCUT2D eigenvalue weighted by Gasteiger charge is 2.59. The van der Waals surface area contributed by atoms with Crippen molar-refractivity contribution in [3.8, 4) is 6.07 Å². The summed E-state index contributed by atoms with van der Waals surface area (Å²) in [6.45, 7) is 5.78. The third kappa shape index (κ3) is 5.93. The summed E-state index contributed by atoms with van der Waals surface area (Å²) in [6.07, 6.45) is 0.369. The van der Waals surface area contributed by atoms with Crippen LogP contribution < -0.4 is 5.32 Å². The van der Waals surface area contributed by atoms with Gasteiger partial charge in [0, 0.05) is 23.4 Å². The van der Waals surface area contributed by atoms with Gasteiger partial charge in [-0.25, -0.2) is 4.39 Å². The molecular weight excluding hydrogens is 502 g/mol. The number of hydrogen-bond donors (Lipinski definition) is 3. The molecule has 1 fully saturated rings. The second-order valence-corrected chi connectivity index (χ2v) is 11.6. The van der Waals surface area contributed by atoms with E-state index in [0.717, 1.165) is 0 Å². The molecule has 2 aromatic rings. The number of carbonyl (C=O) groups is 1. The predicted molar refractivity (Wildman–Crippen MR) is 140 cm³/mol. The second kappa shape index (κ2) is 11.6. The molecule has 2 aromatic carbocycles. The fourth-order valence-electron chi connectivity index (χ4n) is 5.30. The van der Waals surface area contributed by atoms with E-state index in [1.165, 1.54) is 6.07 Å². The van der Waals surface area contributed by atoms with Crippen LogP contribution in [-0.4, -0.2) is 40.8 Å². The number of carbonyl (C=O) groups excluding carboxylic acids is 1. The lowest BCUT2D eigenvalue weighted by atomic mass is 9.62. The zero-order chi connectivity index (χ0) is 26.7. The van der Waals surface area contributed by atoms with Crippen molar-refractivity contribution in [3.05, 3.63) is 69.5 Å². The lowest BCUT2D eigenvalue weighted by Gasteiger charge is -2.37. The number of nitrogens with zero attached hydrogens (tertiary/aromatic N) is 1. The molecule has 1 saturated heterocycles. The molecule has 0 spiro atoms. The number of aliphatic hydroxyl groups is 2.